The second kappa shape index (κ2) is 6.79. The zero-order chi connectivity index (χ0) is 15.6. The van der Waals surface area contributed by atoms with Crippen LogP contribution in [0.3, 0.4) is 0 Å². The van der Waals surface area contributed by atoms with Gasteiger partial charge in [-0.15, -0.1) is 12.4 Å². The minimum Gasteiger partial charge on any atom is -0.454 e. The molecule has 0 bridgehead atoms. The molecule has 2 aromatic rings. The van der Waals surface area contributed by atoms with Gasteiger partial charge in [-0.1, -0.05) is 32.9 Å². The van der Waals surface area contributed by atoms with Gasteiger partial charge < -0.3 is 10.5 Å². The molecule has 0 aromatic heterocycles. The third kappa shape index (κ3) is 4.21. The van der Waals surface area contributed by atoms with E-state index < -0.39 is 5.82 Å². The summed E-state index contributed by atoms with van der Waals surface area (Å²) < 4.78 is 19.4. The van der Waals surface area contributed by atoms with E-state index in [4.69, 9.17) is 15.9 Å². The van der Waals surface area contributed by atoms with E-state index in [1.165, 1.54) is 17.7 Å². The maximum Gasteiger partial charge on any atom is 0.166 e. The first-order valence-electron chi connectivity index (χ1n) is 6.70. The molecule has 0 aliphatic carbocycles. The molecule has 0 saturated heterocycles. The molecular weight excluding hydrogens is 303 g/mol. The Kier molecular flexibility index (Phi) is 5.55. The number of hydrogen-bond acceptors (Lipinski definition) is 2. The van der Waals surface area contributed by atoms with E-state index in [0.717, 1.165) is 0 Å². The van der Waals surface area contributed by atoms with Crippen molar-refractivity contribution in [3.8, 4) is 11.5 Å². The van der Waals surface area contributed by atoms with Crippen LogP contribution in [-0.4, -0.2) is 5.84 Å². The van der Waals surface area contributed by atoms with Crippen LogP contribution in [0.15, 0.2) is 42.5 Å². The summed E-state index contributed by atoms with van der Waals surface area (Å²) in [5.74, 6) is -0.0291. The summed E-state index contributed by atoms with van der Waals surface area (Å²) in [6, 6.07) is 11.8. The van der Waals surface area contributed by atoms with Crippen LogP contribution in [-0.2, 0) is 5.41 Å². The fraction of sp³-hybridized carbons (Fsp3) is 0.235. The highest BCUT2D eigenvalue weighted by Gasteiger charge is 2.13. The number of hydrogen-bond donors (Lipinski definition) is 2. The molecule has 3 N–H and O–H groups in total. The van der Waals surface area contributed by atoms with Gasteiger partial charge in [0.1, 0.15) is 11.6 Å². The number of halogens is 2. The van der Waals surface area contributed by atoms with Crippen LogP contribution in [0.25, 0.3) is 0 Å². The molecule has 2 aromatic carbocycles. The van der Waals surface area contributed by atoms with Crippen molar-refractivity contribution < 1.29 is 9.13 Å². The lowest BCUT2D eigenvalue weighted by Crippen LogP contribution is -2.11. The molecule has 0 saturated carbocycles. The summed E-state index contributed by atoms with van der Waals surface area (Å²) in [6.45, 7) is 6.38. The molecule has 3 nitrogen and oxygen atoms in total. The number of nitrogen functional groups attached to an aromatic ring is 1. The second-order valence-corrected chi connectivity index (χ2v) is 5.94. The number of ether oxygens (including phenoxy) is 1. The predicted octanol–water partition coefficient (Wildman–Crippen LogP) is 4.62. The summed E-state index contributed by atoms with van der Waals surface area (Å²) in [4.78, 5) is 0. The van der Waals surface area contributed by atoms with Gasteiger partial charge >= 0.3 is 0 Å². The first-order chi connectivity index (χ1) is 9.77. The van der Waals surface area contributed by atoms with Crippen LogP contribution < -0.4 is 10.5 Å². The minimum atomic E-state index is -0.539. The van der Waals surface area contributed by atoms with Gasteiger partial charge in [0, 0.05) is 5.56 Å². The van der Waals surface area contributed by atoms with E-state index >= 15 is 0 Å². The summed E-state index contributed by atoms with van der Waals surface area (Å²) >= 11 is 0. The molecule has 22 heavy (non-hydrogen) atoms. The van der Waals surface area contributed by atoms with Crippen molar-refractivity contribution >= 4 is 18.2 Å². The molecule has 0 spiro atoms. The van der Waals surface area contributed by atoms with E-state index in [0.29, 0.717) is 11.3 Å². The second-order valence-electron chi connectivity index (χ2n) is 5.94. The van der Waals surface area contributed by atoms with Crippen LogP contribution in [0, 0.1) is 11.2 Å². The smallest absolute Gasteiger partial charge is 0.166 e. The SMILES string of the molecule is CC(C)(C)c1ccc(Oc2ccc(C(=N)N)cc2F)cc1.Cl. The molecule has 0 aliphatic rings. The van der Waals surface area contributed by atoms with Crippen molar-refractivity contribution in [1.82, 2.24) is 0 Å². The van der Waals surface area contributed by atoms with E-state index in [1.54, 1.807) is 6.07 Å². The average Bonchev–Trinajstić information content (AvgIpc) is 2.40. The van der Waals surface area contributed by atoms with Gasteiger partial charge in [0.2, 0.25) is 0 Å². The number of amidine groups is 1. The van der Waals surface area contributed by atoms with Crippen molar-refractivity contribution in [2.24, 2.45) is 5.73 Å². The first kappa shape index (κ1) is 18.0. The van der Waals surface area contributed by atoms with Gasteiger partial charge in [-0.05, 0) is 41.3 Å². The highest BCUT2D eigenvalue weighted by Crippen LogP contribution is 2.28. The molecule has 0 fully saturated rings. The van der Waals surface area contributed by atoms with E-state index in [1.807, 2.05) is 24.3 Å². The van der Waals surface area contributed by atoms with Crippen molar-refractivity contribution in [1.29, 1.82) is 5.41 Å². The molecule has 0 aliphatic heterocycles. The summed E-state index contributed by atoms with van der Waals surface area (Å²) in [6.07, 6.45) is 0. The summed E-state index contributed by atoms with van der Waals surface area (Å²) in [5.41, 5.74) is 6.90. The number of rotatable bonds is 3. The van der Waals surface area contributed by atoms with Gasteiger partial charge in [0.25, 0.3) is 0 Å². The Morgan fingerprint density at radius 3 is 2.14 bits per heavy atom. The van der Waals surface area contributed by atoms with Crippen molar-refractivity contribution in [3.63, 3.8) is 0 Å². The number of nitrogens with two attached hydrogens (primary N) is 1. The third-order valence-corrected chi connectivity index (χ3v) is 3.19. The minimum absolute atomic E-state index is 0. The van der Waals surface area contributed by atoms with Gasteiger partial charge in [-0.2, -0.15) is 0 Å². The van der Waals surface area contributed by atoms with Gasteiger partial charge in [0.15, 0.2) is 11.6 Å². The fourth-order valence-corrected chi connectivity index (χ4v) is 1.90. The summed E-state index contributed by atoms with van der Waals surface area (Å²) in [7, 11) is 0. The molecule has 0 amide bonds. The molecular formula is C17H20ClFN2O. The molecule has 2 rings (SSSR count). The normalized spacial score (nSPS) is 10.7. The molecule has 0 unspecified atom stereocenters. The van der Waals surface area contributed by atoms with Crippen LogP contribution in [0.4, 0.5) is 4.39 Å². The standard InChI is InChI=1S/C17H19FN2O.ClH/c1-17(2,3)12-5-7-13(8-6-12)21-15-9-4-11(16(19)20)10-14(15)18;/h4-10H,1-3H3,(H3,19,20);1H. The Morgan fingerprint density at radius 1 is 1.09 bits per heavy atom. The number of nitrogens with one attached hydrogen (secondary N) is 1. The molecule has 0 heterocycles. The zero-order valence-corrected chi connectivity index (χ0v) is 13.6. The lowest BCUT2D eigenvalue weighted by molar-refractivity contribution is 0.441. The zero-order valence-electron chi connectivity index (χ0n) is 12.8. The van der Waals surface area contributed by atoms with Gasteiger partial charge in [0.05, 0.1) is 0 Å². The van der Waals surface area contributed by atoms with Crippen LogP contribution in [0.1, 0.15) is 31.9 Å². The van der Waals surface area contributed by atoms with E-state index in [9.17, 15) is 4.39 Å². The highest BCUT2D eigenvalue weighted by molar-refractivity contribution is 5.95. The molecule has 0 atom stereocenters. The Labute approximate surface area is 136 Å². The van der Waals surface area contributed by atoms with Crippen LogP contribution >= 0.6 is 12.4 Å². The van der Waals surface area contributed by atoms with Gasteiger partial charge in [-0.25, -0.2) is 4.39 Å². The van der Waals surface area contributed by atoms with Crippen LogP contribution in [0.2, 0.25) is 0 Å². The maximum atomic E-state index is 13.9. The maximum absolute atomic E-state index is 13.9. The summed E-state index contributed by atoms with van der Waals surface area (Å²) in [5, 5.41) is 7.28. The molecule has 0 radical (unpaired) electrons. The van der Waals surface area contributed by atoms with Gasteiger partial charge in [-0.3, -0.25) is 5.41 Å². The lowest BCUT2D eigenvalue weighted by Gasteiger charge is -2.19. The third-order valence-electron chi connectivity index (χ3n) is 3.19. The van der Waals surface area contributed by atoms with Crippen LogP contribution in [0.5, 0.6) is 11.5 Å². The van der Waals surface area contributed by atoms with E-state index in [2.05, 4.69) is 20.8 Å². The molecule has 118 valence electrons. The largest absolute Gasteiger partial charge is 0.454 e. The lowest BCUT2D eigenvalue weighted by atomic mass is 9.87. The highest BCUT2D eigenvalue weighted by atomic mass is 35.5. The number of benzene rings is 2. The average molecular weight is 323 g/mol. The fourth-order valence-electron chi connectivity index (χ4n) is 1.90. The predicted molar refractivity (Wildman–Crippen MR) is 89.9 cm³/mol. The van der Waals surface area contributed by atoms with E-state index in [-0.39, 0.29) is 29.4 Å². The first-order valence-corrected chi connectivity index (χ1v) is 6.70. The Balaban J connectivity index is 0.00000242. The topological polar surface area (TPSA) is 59.1 Å². The Morgan fingerprint density at radius 2 is 1.68 bits per heavy atom. The monoisotopic (exact) mass is 322 g/mol. The Hall–Kier alpha value is -2.07. The van der Waals surface area contributed by atoms with Crippen molar-refractivity contribution in [2.75, 3.05) is 0 Å². The quantitative estimate of drug-likeness (QED) is 0.639. The van der Waals surface area contributed by atoms with Crippen molar-refractivity contribution in [2.45, 2.75) is 26.2 Å². The Bertz CT molecular complexity index is 663. The van der Waals surface area contributed by atoms with Crippen molar-refractivity contribution in [3.05, 3.63) is 59.4 Å². The molecule has 5 heteroatoms.